The van der Waals surface area contributed by atoms with Crippen molar-refractivity contribution in [2.45, 2.75) is 19.5 Å². The summed E-state index contributed by atoms with van der Waals surface area (Å²) in [6.07, 6.45) is 0. The Kier molecular flexibility index (Phi) is 6.48. The quantitative estimate of drug-likeness (QED) is 0.838. The summed E-state index contributed by atoms with van der Waals surface area (Å²) in [5.74, 6) is 0.104. The molecule has 1 amide bonds. The number of rotatable bonds is 6. The van der Waals surface area contributed by atoms with E-state index in [9.17, 15) is 4.79 Å². The minimum absolute atomic E-state index is 0.0821. The zero-order chi connectivity index (χ0) is 17.6. The van der Waals surface area contributed by atoms with Crippen LogP contribution in [0.3, 0.4) is 0 Å². The van der Waals surface area contributed by atoms with Crippen LogP contribution in [0.1, 0.15) is 23.4 Å². The molecule has 1 aliphatic rings. The van der Waals surface area contributed by atoms with Gasteiger partial charge >= 0.3 is 0 Å². The zero-order valence-corrected chi connectivity index (χ0v) is 16.0. The van der Waals surface area contributed by atoms with Crippen molar-refractivity contribution in [1.29, 1.82) is 0 Å². The summed E-state index contributed by atoms with van der Waals surface area (Å²) in [7, 11) is 0. The molecule has 3 rings (SSSR count). The highest BCUT2D eigenvalue weighted by Gasteiger charge is 2.20. The highest BCUT2D eigenvalue weighted by Crippen LogP contribution is 2.18. The number of halogens is 1. The van der Waals surface area contributed by atoms with E-state index in [1.807, 2.05) is 30.5 Å². The Labute approximate surface area is 158 Å². The summed E-state index contributed by atoms with van der Waals surface area (Å²) in [5, 5.41) is 5.90. The second kappa shape index (κ2) is 8.81. The van der Waals surface area contributed by atoms with Crippen LogP contribution in [0.15, 0.2) is 41.8 Å². The maximum absolute atomic E-state index is 12.2. The summed E-state index contributed by atoms with van der Waals surface area (Å²) in [6, 6.07) is 12.2. The van der Waals surface area contributed by atoms with Crippen LogP contribution in [0.4, 0.5) is 0 Å². The molecule has 1 aromatic heterocycles. The summed E-state index contributed by atoms with van der Waals surface area (Å²) in [5.41, 5.74) is 1.28. The molecule has 1 fully saturated rings. The molecule has 134 valence electrons. The van der Waals surface area contributed by atoms with Gasteiger partial charge in [0.05, 0.1) is 12.6 Å². The third-order valence-electron chi connectivity index (χ3n) is 4.50. The molecule has 2 aromatic rings. The molecule has 25 heavy (non-hydrogen) atoms. The number of carbonyl (C=O) groups is 1. The van der Waals surface area contributed by atoms with Crippen LogP contribution in [0.5, 0.6) is 0 Å². The first-order valence-corrected chi connectivity index (χ1v) is 9.88. The zero-order valence-electron chi connectivity index (χ0n) is 14.5. The Morgan fingerprint density at radius 3 is 2.48 bits per heavy atom. The van der Waals surface area contributed by atoms with Crippen molar-refractivity contribution in [3.63, 3.8) is 0 Å². The van der Waals surface area contributed by atoms with E-state index in [4.69, 9.17) is 11.6 Å². The second-order valence-corrected chi connectivity index (χ2v) is 7.90. The molecular formula is C19H24ClN3OS. The van der Waals surface area contributed by atoms with Crippen molar-refractivity contribution in [3.05, 3.63) is 57.2 Å². The number of hydrogen-bond acceptors (Lipinski definition) is 4. The van der Waals surface area contributed by atoms with Gasteiger partial charge in [0.2, 0.25) is 5.91 Å². The van der Waals surface area contributed by atoms with Gasteiger partial charge in [0.25, 0.3) is 0 Å². The fourth-order valence-corrected chi connectivity index (χ4v) is 3.91. The van der Waals surface area contributed by atoms with Gasteiger partial charge in [0.15, 0.2) is 0 Å². The van der Waals surface area contributed by atoms with Gasteiger partial charge in [-0.2, -0.15) is 0 Å². The average molecular weight is 378 g/mol. The van der Waals surface area contributed by atoms with E-state index < -0.39 is 0 Å². The predicted octanol–water partition coefficient (Wildman–Crippen LogP) is 3.40. The maximum atomic E-state index is 12.2. The van der Waals surface area contributed by atoms with Gasteiger partial charge in [-0.3, -0.25) is 14.6 Å². The topological polar surface area (TPSA) is 35.6 Å². The normalized spacial score (nSPS) is 17.4. The number of nitrogens with zero attached hydrogens (tertiary/aromatic N) is 2. The molecule has 0 saturated carbocycles. The minimum atomic E-state index is 0.0821. The van der Waals surface area contributed by atoms with Crippen LogP contribution >= 0.6 is 22.9 Å². The lowest BCUT2D eigenvalue weighted by Crippen LogP contribution is -2.49. The molecule has 6 heteroatoms. The molecule has 2 heterocycles. The van der Waals surface area contributed by atoms with E-state index in [1.54, 1.807) is 11.3 Å². The number of hydrogen-bond donors (Lipinski definition) is 1. The first-order chi connectivity index (χ1) is 12.1. The molecule has 1 saturated heterocycles. The van der Waals surface area contributed by atoms with E-state index in [0.717, 1.165) is 37.7 Å². The lowest BCUT2D eigenvalue weighted by Gasteiger charge is -2.34. The smallest absolute Gasteiger partial charge is 0.234 e. The number of carbonyl (C=O) groups excluding carboxylic acids is 1. The number of amides is 1. The number of nitrogens with one attached hydrogen (secondary N) is 1. The number of piperazine rings is 1. The molecule has 4 nitrogen and oxygen atoms in total. The third kappa shape index (κ3) is 5.54. The molecule has 1 atom stereocenters. The summed E-state index contributed by atoms with van der Waals surface area (Å²) in [4.78, 5) is 18.1. The largest absolute Gasteiger partial charge is 0.348 e. The van der Waals surface area contributed by atoms with E-state index in [-0.39, 0.29) is 11.9 Å². The van der Waals surface area contributed by atoms with Crippen LogP contribution in [0.25, 0.3) is 0 Å². The Hall–Kier alpha value is -1.40. The number of benzene rings is 1. The van der Waals surface area contributed by atoms with Crippen molar-refractivity contribution in [3.8, 4) is 0 Å². The summed E-state index contributed by atoms with van der Waals surface area (Å²) in [6.45, 7) is 7.26. The molecule has 0 spiro atoms. The van der Waals surface area contributed by atoms with Crippen LogP contribution in [-0.2, 0) is 11.3 Å². The standard InChI is InChI=1S/C19H24ClN3OS/c1-15(18-3-2-12-25-18)21-19(24)14-23-10-8-22(9-11-23)13-16-4-6-17(20)7-5-16/h2-7,12,15H,8-11,13-14H2,1H3,(H,21,24)/t15-/m0/s1. The molecule has 1 aliphatic heterocycles. The van der Waals surface area contributed by atoms with Gasteiger partial charge in [-0.1, -0.05) is 29.8 Å². The molecular weight excluding hydrogens is 354 g/mol. The molecule has 0 bridgehead atoms. The fraction of sp³-hybridized carbons (Fsp3) is 0.421. The highest BCUT2D eigenvalue weighted by molar-refractivity contribution is 7.10. The van der Waals surface area contributed by atoms with Gasteiger partial charge < -0.3 is 5.32 Å². The SMILES string of the molecule is C[C@H](NC(=O)CN1CCN(Cc2ccc(Cl)cc2)CC1)c1cccs1. The van der Waals surface area contributed by atoms with Crippen molar-refractivity contribution in [2.24, 2.45) is 0 Å². The predicted molar refractivity (Wildman–Crippen MR) is 104 cm³/mol. The first kappa shape index (κ1) is 18.4. The van der Waals surface area contributed by atoms with Crippen LogP contribution in [-0.4, -0.2) is 48.4 Å². The van der Waals surface area contributed by atoms with Crippen molar-refractivity contribution in [1.82, 2.24) is 15.1 Å². The van der Waals surface area contributed by atoms with Gasteiger partial charge in [0, 0.05) is 42.6 Å². The minimum Gasteiger partial charge on any atom is -0.348 e. The van der Waals surface area contributed by atoms with E-state index in [1.165, 1.54) is 10.4 Å². The van der Waals surface area contributed by atoms with Crippen LogP contribution in [0, 0.1) is 0 Å². The van der Waals surface area contributed by atoms with Gasteiger partial charge in [-0.25, -0.2) is 0 Å². The third-order valence-corrected chi connectivity index (χ3v) is 5.81. The Morgan fingerprint density at radius 1 is 1.16 bits per heavy atom. The Balaban J connectivity index is 1.40. The second-order valence-electron chi connectivity index (χ2n) is 6.48. The summed E-state index contributed by atoms with van der Waals surface area (Å²) >= 11 is 7.61. The maximum Gasteiger partial charge on any atom is 0.234 e. The van der Waals surface area contributed by atoms with Crippen molar-refractivity contribution >= 4 is 28.8 Å². The van der Waals surface area contributed by atoms with Crippen molar-refractivity contribution < 1.29 is 4.79 Å². The lowest BCUT2D eigenvalue weighted by atomic mass is 10.2. The van der Waals surface area contributed by atoms with Gasteiger partial charge in [0.1, 0.15) is 0 Å². The highest BCUT2D eigenvalue weighted by atomic mass is 35.5. The Bertz CT molecular complexity index is 666. The first-order valence-electron chi connectivity index (χ1n) is 8.62. The van der Waals surface area contributed by atoms with Crippen LogP contribution < -0.4 is 5.32 Å². The number of thiophene rings is 1. The van der Waals surface area contributed by atoms with Crippen molar-refractivity contribution in [2.75, 3.05) is 32.7 Å². The molecule has 1 N–H and O–H groups in total. The molecule has 0 aliphatic carbocycles. The van der Waals surface area contributed by atoms with E-state index in [2.05, 4.69) is 33.3 Å². The fourth-order valence-electron chi connectivity index (χ4n) is 3.05. The van der Waals surface area contributed by atoms with E-state index >= 15 is 0 Å². The van der Waals surface area contributed by atoms with Gasteiger partial charge in [-0.05, 0) is 36.1 Å². The Morgan fingerprint density at radius 2 is 1.84 bits per heavy atom. The lowest BCUT2D eigenvalue weighted by molar-refractivity contribution is -0.123. The van der Waals surface area contributed by atoms with E-state index in [0.29, 0.717) is 6.54 Å². The van der Waals surface area contributed by atoms with Crippen LogP contribution in [0.2, 0.25) is 5.02 Å². The van der Waals surface area contributed by atoms with Gasteiger partial charge in [-0.15, -0.1) is 11.3 Å². The monoisotopic (exact) mass is 377 g/mol. The summed E-state index contributed by atoms with van der Waals surface area (Å²) < 4.78 is 0. The molecule has 0 radical (unpaired) electrons. The average Bonchev–Trinajstić information content (AvgIpc) is 3.13. The molecule has 1 aromatic carbocycles. The molecule has 0 unspecified atom stereocenters.